The number of hydrogen-bond acceptors (Lipinski definition) is 14. The first-order valence-corrected chi connectivity index (χ1v) is 29.3. The number of aromatic carboxylic acids is 2. The minimum absolute atomic E-state index is 0.0782. The van der Waals surface area contributed by atoms with Gasteiger partial charge < -0.3 is 28.9 Å². The lowest BCUT2D eigenvalue weighted by molar-refractivity contribution is -0.432. The number of allylic oxidation sites excluding steroid dienone is 4. The van der Waals surface area contributed by atoms with E-state index in [4.69, 9.17) is 22.5 Å². The maximum absolute atomic E-state index is 12.2. The highest BCUT2D eigenvalue weighted by molar-refractivity contribution is 7.86. The molecule has 9 aromatic rings. The van der Waals surface area contributed by atoms with Crippen LogP contribution in [0.25, 0.3) is 54.9 Å². The maximum Gasteiger partial charge on any atom is 0.425 e. The van der Waals surface area contributed by atoms with Gasteiger partial charge in [-0.25, -0.2) is 18.0 Å². The number of carbonyl (C=O) groups excluding carboxylic acids is 1. The van der Waals surface area contributed by atoms with E-state index in [1.165, 1.54) is 54.5 Å². The Bertz CT molecular complexity index is 4640. The summed E-state index contributed by atoms with van der Waals surface area (Å²) in [5.41, 5.74) is 9.19. The van der Waals surface area contributed by atoms with Crippen molar-refractivity contribution < 1.29 is 77.1 Å². The topological polar surface area (TPSA) is 300 Å². The number of hydrogen-bond donors (Lipinski definition) is 3. The molecule has 0 saturated heterocycles. The summed E-state index contributed by atoms with van der Waals surface area (Å²) in [5.74, 6) is -2.10. The fourth-order valence-corrected chi connectivity index (χ4v) is 11.8. The predicted octanol–water partition coefficient (Wildman–Crippen LogP) is 8.51. The van der Waals surface area contributed by atoms with Gasteiger partial charge in [-0.2, -0.15) is 17.6 Å². The molecule has 20 nitrogen and oxygen atoms in total. The van der Waals surface area contributed by atoms with Gasteiger partial charge in [-0.15, -0.1) is 12.6 Å². The summed E-state index contributed by atoms with van der Waals surface area (Å²) < 4.78 is 105. The van der Waals surface area contributed by atoms with Gasteiger partial charge in [0.15, 0.2) is 18.1 Å². The van der Waals surface area contributed by atoms with Crippen LogP contribution in [0.3, 0.4) is 0 Å². The summed E-state index contributed by atoms with van der Waals surface area (Å²) in [6.07, 6.45) is 10.4. The summed E-state index contributed by atoms with van der Waals surface area (Å²) in [6, 6.07) is 35.9. The van der Waals surface area contributed by atoms with Gasteiger partial charge in [0.25, 0.3) is 10.1 Å². The number of aromatic nitrogens is 3. The van der Waals surface area contributed by atoms with Crippen molar-refractivity contribution in [3.63, 3.8) is 0 Å². The third kappa shape index (κ3) is 12.2. The van der Waals surface area contributed by atoms with Gasteiger partial charge in [0.05, 0.1) is 49.3 Å². The minimum atomic E-state index is -4.45. The Hall–Kier alpha value is -9.23. The third-order valence-electron chi connectivity index (χ3n) is 14.0. The molecule has 0 bridgehead atoms. The Morgan fingerprint density at radius 2 is 1.29 bits per heavy atom. The lowest BCUT2D eigenvalue weighted by atomic mass is 10.0. The fraction of sp³-hybridized carbons (Fsp3) is 0.150. The summed E-state index contributed by atoms with van der Waals surface area (Å²) in [5, 5.41) is 24.7. The number of rotatable bonds is 14. The Labute approximate surface area is 477 Å². The Morgan fingerprint density at radius 1 is 0.711 bits per heavy atom. The zero-order chi connectivity index (χ0) is 60.1. The van der Waals surface area contributed by atoms with Crippen molar-refractivity contribution in [3.05, 3.63) is 191 Å². The monoisotopic (exact) mass is 1180 g/mol. The predicted molar refractivity (Wildman–Crippen MR) is 310 cm³/mol. The summed E-state index contributed by atoms with van der Waals surface area (Å²) >= 11 is 0. The molecule has 2 aliphatic rings. The normalized spacial score (nSPS) is 13.5. The van der Waals surface area contributed by atoms with Crippen LogP contribution in [0.4, 0.5) is 11.4 Å². The van der Waals surface area contributed by atoms with Crippen LogP contribution in [0.1, 0.15) is 77.0 Å². The molecule has 11 rings (SSSR count). The number of ether oxygens (including phenoxy) is 1. The van der Waals surface area contributed by atoms with Crippen molar-refractivity contribution >= 4 is 127 Å². The second-order valence-corrected chi connectivity index (χ2v) is 21.6. The van der Waals surface area contributed by atoms with Crippen LogP contribution in [0.5, 0.6) is 0 Å². The molecule has 2 aliphatic heterocycles. The first-order chi connectivity index (χ1) is 39.6. The minimum Gasteiger partial charge on any atom is -0.744 e. The molecule has 0 radical (unpaired) electrons. The van der Waals surface area contributed by atoms with E-state index >= 15 is 0 Å². The molecular weight excluding hydrogens is 1130 g/mol. The molecule has 5 heterocycles. The van der Waals surface area contributed by atoms with E-state index in [1.807, 2.05) is 51.1 Å². The van der Waals surface area contributed by atoms with Crippen LogP contribution < -0.4 is 5.35 Å². The molecule has 424 valence electrons. The molecule has 0 spiro atoms. The van der Waals surface area contributed by atoms with Gasteiger partial charge in [0.1, 0.15) is 28.1 Å². The van der Waals surface area contributed by atoms with E-state index in [1.54, 1.807) is 48.5 Å². The molecule has 3 aromatic heterocycles. The first-order valence-electron chi connectivity index (χ1n) is 25.4. The van der Waals surface area contributed by atoms with Crippen LogP contribution >= 0.6 is 0 Å². The first kappa shape index (κ1) is 59.9. The van der Waals surface area contributed by atoms with Gasteiger partial charge in [-0.1, -0.05) is 60.7 Å². The van der Waals surface area contributed by atoms with Crippen molar-refractivity contribution in [1.82, 2.24) is 14.5 Å². The van der Waals surface area contributed by atoms with Gasteiger partial charge in [0, 0.05) is 89.2 Å². The van der Waals surface area contributed by atoms with E-state index in [0.29, 0.717) is 35.0 Å². The van der Waals surface area contributed by atoms with Crippen LogP contribution in [-0.4, -0.2) is 122 Å². The van der Waals surface area contributed by atoms with Crippen LogP contribution in [-0.2, 0) is 46.9 Å². The SMILES string of the molecule is CC[N+]1=C(C)c2cccc3c(S(=O)(=O)[O-])ccc1c23.CCn1\c(=C/C=C(/C=C/C2=[N+](CC)c3cccc4cccc2c34)c2ccc(C(=O)O)cn2)c2cccc3c(S(=O)(=O)O)ccc1c32.COC(C=O)c1ccc(C(=O)O)cn1.O=S(=O)=O. The van der Waals surface area contributed by atoms with Gasteiger partial charge in [0.2, 0.25) is 17.1 Å². The van der Waals surface area contributed by atoms with Gasteiger partial charge in [-0.05, 0) is 92.9 Å². The van der Waals surface area contributed by atoms with Crippen molar-refractivity contribution in [2.45, 2.75) is 50.1 Å². The van der Waals surface area contributed by atoms with Gasteiger partial charge in [-0.3, -0.25) is 14.5 Å². The number of benzene rings is 6. The molecule has 0 saturated carbocycles. The number of carboxylic acid groups (broad SMARTS) is 2. The number of carbonyl (C=O) groups is 3. The van der Waals surface area contributed by atoms with Crippen LogP contribution in [0.15, 0.2) is 162 Å². The highest BCUT2D eigenvalue weighted by atomic mass is 32.2. The molecule has 1 atom stereocenters. The number of pyridine rings is 2. The van der Waals surface area contributed by atoms with Crippen molar-refractivity contribution in [3.8, 4) is 0 Å². The smallest absolute Gasteiger partial charge is 0.425 e. The molecule has 0 fully saturated rings. The van der Waals surface area contributed by atoms with Crippen molar-refractivity contribution in [1.29, 1.82) is 0 Å². The molecular formula is C60H52N5O15S3+. The molecule has 1 unspecified atom stereocenters. The summed E-state index contributed by atoms with van der Waals surface area (Å²) in [7, 11) is -10.6. The molecule has 0 amide bonds. The standard InChI is InChI=1S/C37H29N3O5S.C14H13NO3S.C9H9NO4.O3S/c1-3-39-30(26-10-5-8-24-9-6-13-32(39)35(24)26)18-15-23(29-17-14-25(22-38-29)37(41)42)16-19-31-27-11-7-12-28-34(46(43,44)45)21-20-33(36(27)28)40(31)4-2;1-3-15-9(2)10-5-4-6-11-13(19(16,17)18)8-7-12(15)14(10)11;1-14-8(5-11)7-3-2-6(4-10-7)9(12)13;1-4(2)3/h5-22H,3-4H2,1-2H3,(H-,41,42,43,44,45);4-8H,3H2,1-2H3;2-5,8H,1H3,(H,12,13);/p+1. The lowest BCUT2D eigenvalue weighted by Gasteiger charge is -2.10. The zero-order valence-electron chi connectivity index (χ0n) is 45.0. The lowest BCUT2D eigenvalue weighted by Crippen LogP contribution is -2.14. The highest BCUT2D eigenvalue weighted by Gasteiger charge is 2.31. The second-order valence-electron chi connectivity index (χ2n) is 18.5. The average Bonchev–Trinajstić information content (AvgIpc) is 4.25. The van der Waals surface area contributed by atoms with Crippen molar-refractivity contribution in [2.24, 2.45) is 0 Å². The number of nitrogens with zero attached hydrogens (tertiary/aromatic N) is 5. The summed E-state index contributed by atoms with van der Waals surface area (Å²) in [4.78, 5) is 40.6. The maximum atomic E-state index is 12.2. The molecule has 83 heavy (non-hydrogen) atoms. The van der Waals surface area contributed by atoms with Crippen LogP contribution in [0.2, 0.25) is 0 Å². The Balaban J connectivity index is 0.000000197. The van der Waals surface area contributed by atoms with E-state index in [0.717, 1.165) is 79.6 Å². The van der Waals surface area contributed by atoms with E-state index in [-0.39, 0.29) is 20.9 Å². The quantitative estimate of drug-likeness (QED) is 0.0398. The molecule has 3 N–H and O–H groups in total. The Morgan fingerprint density at radius 3 is 1.86 bits per heavy atom. The highest BCUT2D eigenvalue weighted by Crippen LogP contribution is 2.39. The summed E-state index contributed by atoms with van der Waals surface area (Å²) in [6.45, 7) is 10.4. The largest absolute Gasteiger partial charge is 0.744 e. The number of aldehydes is 1. The molecule has 6 aromatic carbocycles. The Kier molecular flexibility index (Phi) is 17.9. The zero-order valence-corrected chi connectivity index (χ0v) is 47.4. The van der Waals surface area contributed by atoms with E-state index in [2.05, 4.69) is 73.1 Å². The number of aryl methyl sites for hydroxylation is 1. The molecule has 23 heteroatoms. The van der Waals surface area contributed by atoms with E-state index < -0.39 is 48.9 Å². The second kappa shape index (κ2) is 24.9. The van der Waals surface area contributed by atoms with Gasteiger partial charge >= 0.3 is 22.5 Å². The third-order valence-corrected chi connectivity index (χ3v) is 15.8. The fourth-order valence-electron chi connectivity index (χ4n) is 10.4. The van der Waals surface area contributed by atoms with Crippen molar-refractivity contribution in [2.75, 3.05) is 20.2 Å². The molecule has 0 aliphatic carbocycles. The van der Waals surface area contributed by atoms with Crippen LogP contribution in [0, 0.1) is 0 Å². The number of methoxy groups -OCH3 is 1. The average molecular weight is 1180 g/mol. The number of carboxylic acids is 2. The van der Waals surface area contributed by atoms with E-state index in [9.17, 15) is 45.4 Å².